The maximum atomic E-state index is 10.8. The summed E-state index contributed by atoms with van der Waals surface area (Å²) in [4.78, 5) is 10.4. The summed E-state index contributed by atoms with van der Waals surface area (Å²) >= 11 is 0. The molecular weight excluding hydrogens is 256 g/mol. The van der Waals surface area contributed by atoms with E-state index in [0.29, 0.717) is 0 Å². The molecule has 5 nitrogen and oxygen atoms in total. The third-order valence-electron chi connectivity index (χ3n) is 4.36. The number of non-ortho nitro benzene ring substituents is 1. The first-order valence-electron chi connectivity index (χ1n) is 7.15. The summed E-state index contributed by atoms with van der Waals surface area (Å²) < 4.78 is 0. The standard InChI is InChI=1S/C15H22N2O3/c1-12(13-5-4-6-14(9-13)17(19)20)16-10-15(11-18)7-2-3-8-15/h4-6,9,12,16,18H,2-3,7-8,10-11H2,1H3. The lowest BCUT2D eigenvalue weighted by Gasteiger charge is -2.28. The molecule has 20 heavy (non-hydrogen) atoms. The summed E-state index contributed by atoms with van der Waals surface area (Å²) in [5, 5.41) is 23.8. The van der Waals surface area contributed by atoms with Crippen molar-refractivity contribution in [1.82, 2.24) is 5.32 Å². The molecule has 1 atom stereocenters. The maximum Gasteiger partial charge on any atom is 0.269 e. The van der Waals surface area contributed by atoms with Crippen LogP contribution in [0.15, 0.2) is 24.3 Å². The highest BCUT2D eigenvalue weighted by molar-refractivity contribution is 5.35. The molecule has 5 heteroatoms. The molecule has 1 saturated carbocycles. The molecule has 2 N–H and O–H groups in total. The van der Waals surface area contributed by atoms with E-state index in [-0.39, 0.29) is 28.7 Å². The third kappa shape index (κ3) is 3.35. The Bertz CT molecular complexity index is 470. The van der Waals surface area contributed by atoms with E-state index in [9.17, 15) is 15.2 Å². The highest BCUT2D eigenvalue weighted by atomic mass is 16.6. The number of aliphatic hydroxyl groups excluding tert-OH is 1. The Hall–Kier alpha value is -1.46. The van der Waals surface area contributed by atoms with Crippen LogP contribution in [-0.4, -0.2) is 23.2 Å². The first-order valence-corrected chi connectivity index (χ1v) is 7.15. The highest BCUT2D eigenvalue weighted by Crippen LogP contribution is 2.37. The van der Waals surface area contributed by atoms with Crippen molar-refractivity contribution in [3.05, 3.63) is 39.9 Å². The van der Waals surface area contributed by atoms with Crippen molar-refractivity contribution < 1.29 is 10.0 Å². The predicted octanol–water partition coefficient (Wildman–Crippen LogP) is 2.80. The zero-order valence-electron chi connectivity index (χ0n) is 11.8. The first kappa shape index (κ1) is 14.9. The van der Waals surface area contributed by atoms with Gasteiger partial charge in [0, 0.05) is 36.7 Å². The fourth-order valence-corrected chi connectivity index (χ4v) is 2.91. The zero-order chi connectivity index (χ0) is 14.6. The molecule has 0 spiro atoms. The molecule has 1 unspecified atom stereocenters. The van der Waals surface area contributed by atoms with Gasteiger partial charge in [0.25, 0.3) is 5.69 Å². The van der Waals surface area contributed by atoms with E-state index in [2.05, 4.69) is 5.32 Å². The van der Waals surface area contributed by atoms with Gasteiger partial charge in [-0.3, -0.25) is 10.1 Å². The Morgan fingerprint density at radius 1 is 1.45 bits per heavy atom. The van der Waals surface area contributed by atoms with E-state index in [1.54, 1.807) is 12.1 Å². The molecule has 0 bridgehead atoms. The summed E-state index contributed by atoms with van der Waals surface area (Å²) in [5.74, 6) is 0. The van der Waals surface area contributed by atoms with Gasteiger partial charge in [-0.2, -0.15) is 0 Å². The van der Waals surface area contributed by atoms with Gasteiger partial charge in [-0.1, -0.05) is 25.0 Å². The molecule has 110 valence electrons. The minimum Gasteiger partial charge on any atom is -0.396 e. The largest absolute Gasteiger partial charge is 0.396 e. The van der Waals surface area contributed by atoms with Gasteiger partial charge in [0.05, 0.1) is 4.92 Å². The number of hydrogen-bond acceptors (Lipinski definition) is 4. The number of aliphatic hydroxyl groups is 1. The van der Waals surface area contributed by atoms with Gasteiger partial charge in [0.1, 0.15) is 0 Å². The van der Waals surface area contributed by atoms with E-state index >= 15 is 0 Å². The molecule has 1 fully saturated rings. The quantitative estimate of drug-likeness (QED) is 0.619. The molecule has 1 aromatic rings. The number of hydrogen-bond donors (Lipinski definition) is 2. The third-order valence-corrected chi connectivity index (χ3v) is 4.36. The lowest BCUT2D eigenvalue weighted by Crippen LogP contribution is -2.36. The summed E-state index contributed by atoms with van der Waals surface area (Å²) in [6, 6.07) is 6.76. The second-order valence-corrected chi connectivity index (χ2v) is 5.82. The van der Waals surface area contributed by atoms with E-state index in [0.717, 1.165) is 24.9 Å². The average molecular weight is 278 g/mol. The molecule has 0 saturated heterocycles. The summed E-state index contributed by atoms with van der Waals surface area (Å²) in [6.07, 6.45) is 4.46. The Morgan fingerprint density at radius 2 is 2.15 bits per heavy atom. The number of rotatable bonds is 6. The smallest absolute Gasteiger partial charge is 0.269 e. The molecule has 0 amide bonds. The van der Waals surface area contributed by atoms with Crippen molar-refractivity contribution in [1.29, 1.82) is 0 Å². The van der Waals surface area contributed by atoms with Crippen LogP contribution in [0.2, 0.25) is 0 Å². The average Bonchev–Trinajstić information content (AvgIpc) is 2.94. The highest BCUT2D eigenvalue weighted by Gasteiger charge is 2.33. The van der Waals surface area contributed by atoms with Gasteiger partial charge in [-0.15, -0.1) is 0 Å². The zero-order valence-corrected chi connectivity index (χ0v) is 11.8. The van der Waals surface area contributed by atoms with Gasteiger partial charge < -0.3 is 10.4 Å². The van der Waals surface area contributed by atoms with Crippen LogP contribution in [0.1, 0.15) is 44.2 Å². The van der Waals surface area contributed by atoms with E-state index < -0.39 is 0 Å². The van der Waals surface area contributed by atoms with Crippen LogP contribution in [0.25, 0.3) is 0 Å². The predicted molar refractivity (Wildman–Crippen MR) is 77.5 cm³/mol. The molecule has 0 heterocycles. The Morgan fingerprint density at radius 3 is 2.75 bits per heavy atom. The second-order valence-electron chi connectivity index (χ2n) is 5.82. The molecule has 0 aliphatic heterocycles. The minimum atomic E-state index is -0.373. The van der Waals surface area contributed by atoms with Crippen LogP contribution >= 0.6 is 0 Å². The minimum absolute atomic E-state index is 0.00499. The number of nitro groups is 1. The number of benzene rings is 1. The number of nitrogens with zero attached hydrogens (tertiary/aromatic N) is 1. The number of nitro benzene ring substituents is 1. The van der Waals surface area contributed by atoms with Crippen molar-refractivity contribution in [3.63, 3.8) is 0 Å². The summed E-state index contributed by atoms with van der Waals surface area (Å²) in [7, 11) is 0. The number of nitrogens with one attached hydrogen (secondary N) is 1. The van der Waals surface area contributed by atoms with Crippen LogP contribution in [-0.2, 0) is 0 Å². The van der Waals surface area contributed by atoms with Crippen molar-refractivity contribution >= 4 is 5.69 Å². The fourth-order valence-electron chi connectivity index (χ4n) is 2.91. The van der Waals surface area contributed by atoms with Gasteiger partial charge in [0.15, 0.2) is 0 Å². The summed E-state index contributed by atoms with van der Waals surface area (Å²) in [5.41, 5.74) is 1.02. The lowest BCUT2D eigenvalue weighted by atomic mass is 9.87. The SMILES string of the molecule is CC(NCC1(CO)CCCC1)c1cccc([N+](=O)[O-])c1. The van der Waals surface area contributed by atoms with Crippen LogP contribution in [0.4, 0.5) is 5.69 Å². The molecule has 1 aliphatic carbocycles. The van der Waals surface area contributed by atoms with Crippen LogP contribution in [0.3, 0.4) is 0 Å². The first-order chi connectivity index (χ1) is 9.56. The van der Waals surface area contributed by atoms with Gasteiger partial charge in [-0.25, -0.2) is 0 Å². The molecule has 1 aliphatic rings. The van der Waals surface area contributed by atoms with Gasteiger partial charge in [-0.05, 0) is 25.3 Å². The van der Waals surface area contributed by atoms with Crippen molar-refractivity contribution in [3.8, 4) is 0 Å². The molecule has 2 rings (SSSR count). The van der Waals surface area contributed by atoms with Crippen molar-refractivity contribution in [2.24, 2.45) is 5.41 Å². The monoisotopic (exact) mass is 278 g/mol. The topological polar surface area (TPSA) is 75.4 Å². The molecule has 0 radical (unpaired) electrons. The van der Waals surface area contributed by atoms with Gasteiger partial charge >= 0.3 is 0 Å². The Balaban J connectivity index is 1.99. The van der Waals surface area contributed by atoms with Crippen molar-refractivity contribution in [2.75, 3.05) is 13.2 Å². The van der Waals surface area contributed by atoms with E-state index in [1.807, 2.05) is 13.0 Å². The maximum absolute atomic E-state index is 10.8. The van der Waals surface area contributed by atoms with Crippen LogP contribution in [0.5, 0.6) is 0 Å². The fraction of sp³-hybridized carbons (Fsp3) is 0.600. The summed E-state index contributed by atoms with van der Waals surface area (Å²) in [6.45, 7) is 2.97. The van der Waals surface area contributed by atoms with Crippen LogP contribution < -0.4 is 5.32 Å². The lowest BCUT2D eigenvalue weighted by molar-refractivity contribution is -0.384. The Labute approximate surface area is 119 Å². The molecule has 1 aromatic carbocycles. The van der Waals surface area contributed by atoms with E-state index in [4.69, 9.17) is 0 Å². The second kappa shape index (κ2) is 6.33. The Kier molecular flexibility index (Phi) is 4.73. The van der Waals surface area contributed by atoms with E-state index in [1.165, 1.54) is 18.9 Å². The molecule has 0 aromatic heterocycles. The normalized spacial score (nSPS) is 18.9. The van der Waals surface area contributed by atoms with Gasteiger partial charge in [0.2, 0.25) is 0 Å². The molecular formula is C15H22N2O3. The van der Waals surface area contributed by atoms with Crippen LogP contribution in [0, 0.1) is 15.5 Å². The van der Waals surface area contributed by atoms with Crippen molar-refractivity contribution in [2.45, 2.75) is 38.6 Å².